The average Bonchev–Trinajstić information content (AvgIpc) is 2.99. The third kappa shape index (κ3) is 2.32. The van der Waals surface area contributed by atoms with Crippen molar-refractivity contribution in [3.8, 4) is 10.8 Å². The molecule has 0 amide bonds. The average molecular weight is 289 g/mol. The predicted molar refractivity (Wildman–Crippen MR) is 74.9 cm³/mol. The Balaban J connectivity index is 1.60. The molecule has 1 saturated carbocycles. The van der Waals surface area contributed by atoms with Gasteiger partial charge in [0.1, 0.15) is 5.82 Å². The Morgan fingerprint density at radius 1 is 1.30 bits per heavy atom. The molecule has 1 aliphatic carbocycles. The number of nitrogens with one attached hydrogen (secondary N) is 1. The van der Waals surface area contributed by atoms with E-state index in [1.54, 1.807) is 6.07 Å². The van der Waals surface area contributed by atoms with Crippen LogP contribution in [0.5, 0.6) is 0 Å². The highest BCUT2D eigenvalue weighted by atomic mass is 32.1. The van der Waals surface area contributed by atoms with Crippen molar-refractivity contribution in [1.29, 1.82) is 0 Å². The predicted octanol–water partition coefficient (Wildman–Crippen LogP) is 3.34. The first kappa shape index (κ1) is 12.0. The third-order valence-corrected chi connectivity index (χ3v) is 4.36. The van der Waals surface area contributed by atoms with Gasteiger partial charge in [-0.15, -0.1) is 21.5 Å². The zero-order valence-corrected chi connectivity index (χ0v) is 11.4. The first-order valence-corrected chi connectivity index (χ1v) is 7.35. The molecule has 4 nitrogen and oxygen atoms in total. The van der Waals surface area contributed by atoms with Gasteiger partial charge in [-0.05, 0) is 36.4 Å². The largest absolute Gasteiger partial charge is 0.419 e. The maximum absolute atomic E-state index is 13.2. The number of hydrogen-bond acceptors (Lipinski definition) is 5. The molecule has 3 aromatic rings. The Morgan fingerprint density at radius 3 is 3.05 bits per heavy atom. The summed E-state index contributed by atoms with van der Waals surface area (Å²) in [7, 11) is 0. The van der Waals surface area contributed by atoms with Crippen LogP contribution in [0, 0.1) is 5.82 Å². The normalized spacial score (nSPS) is 15.1. The van der Waals surface area contributed by atoms with E-state index in [1.807, 2.05) is 6.07 Å². The molecule has 102 valence electrons. The van der Waals surface area contributed by atoms with Crippen LogP contribution in [0.2, 0.25) is 0 Å². The smallest absolute Gasteiger partial charge is 0.257 e. The molecule has 1 fully saturated rings. The van der Waals surface area contributed by atoms with Crippen LogP contribution in [0.3, 0.4) is 0 Å². The zero-order valence-electron chi connectivity index (χ0n) is 10.6. The Kier molecular flexibility index (Phi) is 2.78. The molecular formula is C14H12FN3OS. The van der Waals surface area contributed by atoms with Crippen molar-refractivity contribution in [2.75, 3.05) is 0 Å². The summed E-state index contributed by atoms with van der Waals surface area (Å²) in [6.07, 6.45) is 2.45. The fourth-order valence-corrected chi connectivity index (χ4v) is 3.06. The van der Waals surface area contributed by atoms with E-state index in [4.69, 9.17) is 4.42 Å². The lowest BCUT2D eigenvalue weighted by atomic mass is 10.2. The van der Waals surface area contributed by atoms with Gasteiger partial charge in [-0.3, -0.25) is 0 Å². The molecular weight excluding hydrogens is 277 g/mol. The van der Waals surface area contributed by atoms with E-state index in [0.717, 1.165) is 15.0 Å². The number of halogens is 1. The molecule has 6 heteroatoms. The molecule has 2 aromatic heterocycles. The van der Waals surface area contributed by atoms with E-state index in [2.05, 4.69) is 15.5 Å². The lowest BCUT2D eigenvalue weighted by molar-refractivity contribution is 0.477. The molecule has 0 atom stereocenters. The van der Waals surface area contributed by atoms with Crippen LogP contribution in [0.4, 0.5) is 4.39 Å². The van der Waals surface area contributed by atoms with E-state index < -0.39 is 0 Å². The quantitative estimate of drug-likeness (QED) is 0.800. The van der Waals surface area contributed by atoms with Gasteiger partial charge in [0.2, 0.25) is 5.89 Å². The van der Waals surface area contributed by atoms with Crippen LogP contribution in [0.1, 0.15) is 18.7 Å². The maximum atomic E-state index is 13.2. The van der Waals surface area contributed by atoms with Crippen molar-refractivity contribution >= 4 is 21.4 Å². The molecule has 0 bridgehead atoms. The lowest BCUT2D eigenvalue weighted by Gasteiger charge is -1.95. The van der Waals surface area contributed by atoms with Crippen LogP contribution in [0.15, 0.2) is 28.7 Å². The Bertz CT molecular complexity index is 763. The highest BCUT2D eigenvalue weighted by Gasteiger charge is 2.21. The first-order valence-electron chi connectivity index (χ1n) is 6.53. The molecule has 0 radical (unpaired) electrons. The summed E-state index contributed by atoms with van der Waals surface area (Å²) in [6.45, 7) is 0.608. The second-order valence-electron chi connectivity index (χ2n) is 4.95. The van der Waals surface area contributed by atoms with Gasteiger partial charge in [-0.1, -0.05) is 6.07 Å². The van der Waals surface area contributed by atoms with Crippen LogP contribution >= 0.6 is 11.3 Å². The van der Waals surface area contributed by atoms with Crippen LogP contribution in [0.25, 0.3) is 20.9 Å². The molecule has 4 rings (SSSR count). The Morgan fingerprint density at radius 2 is 2.20 bits per heavy atom. The SMILES string of the molecule is Fc1ccc2cc(-c3nnc(CNC4CC4)o3)sc2c1. The number of fused-ring (bicyclic) bond motifs is 1. The third-order valence-electron chi connectivity index (χ3n) is 3.28. The number of thiophene rings is 1. The molecule has 0 aliphatic heterocycles. The molecule has 2 heterocycles. The number of rotatable bonds is 4. The van der Waals surface area contributed by atoms with E-state index in [-0.39, 0.29) is 5.82 Å². The van der Waals surface area contributed by atoms with Gasteiger partial charge in [0.15, 0.2) is 0 Å². The van der Waals surface area contributed by atoms with E-state index in [0.29, 0.717) is 24.4 Å². The van der Waals surface area contributed by atoms with Crippen molar-refractivity contribution in [3.05, 3.63) is 36.0 Å². The molecule has 1 aromatic carbocycles. The van der Waals surface area contributed by atoms with Crippen LogP contribution in [-0.4, -0.2) is 16.2 Å². The Hall–Kier alpha value is -1.79. The fraction of sp³-hybridized carbons (Fsp3) is 0.286. The van der Waals surface area contributed by atoms with Gasteiger partial charge in [0.25, 0.3) is 5.89 Å². The lowest BCUT2D eigenvalue weighted by Crippen LogP contribution is -2.15. The van der Waals surface area contributed by atoms with Crippen LogP contribution < -0.4 is 5.32 Å². The second-order valence-corrected chi connectivity index (χ2v) is 6.03. The number of nitrogens with zero attached hydrogens (tertiary/aromatic N) is 2. The summed E-state index contributed by atoms with van der Waals surface area (Å²) >= 11 is 1.46. The second kappa shape index (κ2) is 4.64. The van der Waals surface area contributed by atoms with E-state index in [9.17, 15) is 4.39 Å². The van der Waals surface area contributed by atoms with Crippen molar-refractivity contribution in [1.82, 2.24) is 15.5 Å². The van der Waals surface area contributed by atoms with E-state index in [1.165, 1.54) is 36.3 Å². The summed E-state index contributed by atoms with van der Waals surface area (Å²) in [5.41, 5.74) is 0. The summed E-state index contributed by atoms with van der Waals surface area (Å²) in [6, 6.07) is 7.30. The van der Waals surface area contributed by atoms with Gasteiger partial charge in [-0.25, -0.2) is 4.39 Å². The highest BCUT2D eigenvalue weighted by molar-refractivity contribution is 7.22. The highest BCUT2D eigenvalue weighted by Crippen LogP contribution is 2.33. The minimum absolute atomic E-state index is 0.231. The Labute approximate surface area is 118 Å². The standard InChI is InChI=1S/C14H12FN3OS/c15-9-2-1-8-5-12(20-11(8)6-9)14-18-17-13(19-14)7-16-10-3-4-10/h1-2,5-6,10,16H,3-4,7H2. The molecule has 0 spiro atoms. The number of benzene rings is 1. The minimum Gasteiger partial charge on any atom is -0.419 e. The van der Waals surface area contributed by atoms with Crippen molar-refractivity contribution in [3.63, 3.8) is 0 Å². The topological polar surface area (TPSA) is 51.0 Å². The molecule has 0 unspecified atom stereocenters. The zero-order chi connectivity index (χ0) is 13.5. The van der Waals surface area contributed by atoms with E-state index >= 15 is 0 Å². The number of aromatic nitrogens is 2. The summed E-state index contributed by atoms with van der Waals surface area (Å²) < 4.78 is 19.7. The molecule has 1 aliphatic rings. The van der Waals surface area contributed by atoms with Crippen molar-refractivity contribution in [2.24, 2.45) is 0 Å². The molecule has 1 N–H and O–H groups in total. The first-order chi connectivity index (χ1) is 9.78. The van der Waals surface area contributed by atoms with Gasteiger partial charge < -0.3 is 9.73 Å². The van der Waals surface area contributed by atoms with Gasteiger partial charge in [0, 0.05) is 10.7 Å². The molecule has 20 heavy (non-hydrogen) atoms. The van der Waals surface area contributed by atoms with Gasteiger partial charge >= 0.3 is 0 Å². The maximum Gasteiger partial charge on any atom is 0.257 e. The summed E-state index contributed by atoms with van der Waals surface area (Å²) in [5, 5.41) is 12.4. The van der Waals surface area contributed by atoms with Crippen LogP contribution in [-0.2, 0) is 6.54 Å². The van der Waals surface area contributed by atoms with Crippen molar-refractivity contribution < 1.29 is 8.81 Å². The number of hydrogen-bond donors (Lipinski definition) is 1. The van der Waals surface area contributed by atoms with Gasteiger partial charge in [0.05, 0.1) is 11.4 Å². The fourth-order valence-electron chi connectivity index (χ4n) is 2.05. The molecule has 0 saturated heterocycles. The monoisotopic (exact) mass is 289 g/mol. The summed E-state index contributed by atoms with van der Waals surface area (Å²) in [4.78, 5) is 0.871. The summed E-state index contributed by atoms with van der Waals surface area (Å²) in [5.74, 6) is 0.862. The van der Waals surface area contributed by atoms with Crippen molar-refractivity contribution in [2.45, 2.75) is 25.4 Å². The van der Waals surface area contributed by atoms with Gasteiger partial charge in [-0.2, -0.15) is 0 Å². The minimum atomic E-state index is -0.231.